The van der Waals surface area contributed by atoms with Gasteiger partial charge in [-0.2, -0.15) is 0 Å². The lowest BCUT2D eigenvalue weighted by Crippen LogP contribution is -2.49. The maximum Gasteiger partial charge on any atom is 0.251 e. The van der Waals surface area contributed by atoms with Crippen LogP contribution in [0.1, 0.15) is 29.9 Å². The van der Waals surface area contributed by atoms with Crippen molar-refractivity contribution in [1.29, 1.82) is 0 Å². The molecular weight excluding hydrogens is 355 g/mol. The van der Waals surface area contributed by atoms with E-state index in [2.05, 4.69) is 15.6 Å². The molecule has 3 rings (SSSR count). The van der Waals surface area contributed by atoms with E-state index in [9.17, 15) is 14.0 Å². The van der Waals surface area contributed by atoms with Crippen LogP contribution in [0.25, 0.3) is 4.96 Å². The molecule has 0 spiro atoms. The molecule has 8 heteroatoms. The first-order valence-corrected chi connectivity index (χ1v) is 9.07. The van der Waals surface area contributed by atoms with Crippen molar-refractivity contribution < 1.29 is 14.0 Å². The minimum absolute atomic E-state index is 0.107. The van der Waals surface area contributed by atoms with Gasteiger partial charge in [0.2, 0.25) is 5.91 Å². The van der Waals surface area contributed by atoms with Gasteiger partial charge in [-0.25, -0.2) is 9.37 Å². The SMILES string of the molecule is CC(C)C(NC(=O)c1ccc(F)cc1)C(=O)NCc1cn2ccsc2n1. The molecule has 2 heterocycles. The van der Waals surface area contributed by atoms with Gasteiger partial charge in [0, 0.05) is 23.3 Å². The van der Waals surface area contributed by atoms with E-state index < -0.39 is 17.8 Å². The van der Waals surface area contributed by atoms with Crippen molar-refractivity contribution in [3.63, 3.8) is 0 Å². The molecule has 0 aliphatic carbocycles. The molecule has 1 unspecified atom stereocenters. The summed E-state index contributed by atoms with van der Waals surface area (Å²) in [4.78, 5) is 30.1. The van der Waals surface area contributed by atoms with Crippen LogP contribution in [-0.2, 0) is 11.3 Å². The maximum absolute atomic E-state index is 13.0. The van der Waals surface area contributed by atoms with E-state index >= 15 is 0 Å². The lowest BCUT2D eigenvalue weighted by molar-refractivity contribution is -0.124. The molecule has 0 radical (unpaired) electrons. The third kappa shape index (κ3) is 4.08. The zero-order valence-corrected chi connectivity index (χ0v) is 15.2. The summed E-state index contributed by atoms with van der Waals surface area (Å²) in [5.74, 6) is -1.22. The molecule has 0 saturated heterocycles. The molecule has 26 heavy (non-hydrogen) atoms. The number of thiazole rings is 1. The van der Waals surface area contributed by atoms with Crippen LogP contribution in [0, 0.1) is 11.7 Å². The quantitative estimate of drug-likeness (QED) is 0.696. The predicted molar refractivity (Wildman–Crippen MR) is 97.4 cm³/mol. The normalized spacial score (nSPS) is 12.3. The molecule has 0 aliphatic rings. The number of aromatic nitrogens is 2. The lowest BCUT2D eigenvalue weighted by Gasteiger charge is -2.21. The van der Waals surface area contributed by atoms with Gasteiger partial charge in [-0.3, -0.25) is 14.0 Å². The second-order valence-electron chi connectivity index (χ2n) is 6.24. The number of nitrogens with zero attached hydrogens (tertiary/aromatic N) is 2. The molecule has 0 bridgehead atoms. The zero-order chi connectivity index (χ0) is 18.7. The number of nitrogens with one attached hydrogen (secondary N) is 2. The van der Waals surface area contributed by atoms with Crippen LogP contribution >= 0.6 is 11.3 Å². The molecule has 3 aromatic rings. The minimum atomic E-state index is -0.698. The molecule has 2 N–H and O–H groups in total. The molecule has 1 atom stereocenters. The van der Waals surface area contributed by atoms with Gasteiger partial charge in [-0.05, 0) is 30.2 Å². The number of imidazole rings is 1. The van der Waals surface area contributed by atoms with Crippen molar-refractivity contribution in [3.8, 4) is 0 Å². The summed E-state index contributed by atoms with van der Waals surface area (Å²) in [7, 11) is 0. The number of hydrogen-bond donors (Lipinski definition) is 2. The first kappa shape index (κ1) is 18.1. The van der Waals surface area contributed by atoms with E-state index in [0.29, 0.717) is 5.56 Å². The van der Waals surface area contributed by atoms with E-state index in [-0.39, 0.29) is 18.4 Å². The Balaban J connectivity index is 1.62. The second-order valence-corrected chi connectivity index (χ2v) is 7.12. The molecule has 0 saturated carbocycles. The molecule has 1 aromatic carbocycles. The zero-order valence-electron chi connectivity index (χ0n) is 14.4. The summed E-state index contributed by atoms with van der Waals surface area (Å²) in [6.45, 7) is 3.98. The molecule has 2 aromatic heterocycles. The highest BCUT2D eigenvalue weighted by atomic mass is 32.1. The summed E-state index contributed by atoms with van der Waals surface area (Å²) in [6.07, 6.45) is 3.76. The Morgan fingerprint density at radius 2 is 2.00 bits per heavy atom. The average molecular weight is 374 g/mol. The van der Waals surface area contributed by atoms with Gasteiger partial charge in [-0.1, -0.05) is 13.8 Å². The number of fused-ring (bicyclic) bond motifs is 1. The van der Waals surface area contributed by atoms with E-state index in [1.807, 2.05) is 36.0 Å². The molecule has 0 fully saturated rings. The minimum Gasteiger partial charge on any atom is -0.349 e. The fourth-order valence-electron chi connectivity index (χ4n) is 2.51. The van der Waals surface area contributed by atoms with Gasteiger partial charge < -0.3 is 10.6 Å². The Kier molecular flexibility index (Phi) is 5.32. The van der Waals surface area contributed by atoms with Crippen LogP contribution in [0.15, 0.2) is 42.0 Å². The average Bonchev–Trinajstić information content (AvgIpc) is 3.19. The fourth-order valence-corrected chi connectivity index (χ4v) is 3.23. The third-order valence-electron chi connectivity index (χ3n) is 3.93. The number of benzene rings is 1. The van der Waals surface area contributed by atoms with Gasteiger partial charge in [-0.15, -0.1) is 11.3 Å². The Morgan fingerprint density at radius 3 is 2.65 bits per heavy atom. The number of halogens is 1. The van der Waals surface area contributed by atoms with Gasteiger partial charge in [0.25, 0.3) is 5.91 Å². The lowest BCUT2D eigenvalue weighted by atomic mass is 10.0. The summed E-state index contributed by atoms with van der Waals surface area (Å²) in [6, 6.07) is 4.50. The van der Waals surface area contributed by atoms with Crippen LogP contribution in [-0.4, -0.2) is 27.2 Å². The Hall–Kier alpha value is -2.74. The molecule has 0 aliphatic heterocycles. The monoisotopic (exact) mass is 374 g/mol. The summed E-state index contributed by atoms with van der Waals surface area (Å²) in [5, 5.41) is 7.46. The number of carbonyl (C=O) groups is 2. The summed E-state index contributed by atoms with van der Waals surface area (Å²) in [5.41, 5.74) is 1.05. The Bertz CT molecular complexity index is 888. The third-order valence-corrected chi connectivity index (χ3v) is 4.70. The standard InChI is InChI=1S/C18H19FN4O2S/c1-11(2)15(22-16(24)12-3-5-13(19)6-4-12)17(25)20-9-14-10-23-7-8-26-18(23)21-14/h3-8,10-11,15H,9H2,1-2H3,(H,20,25)(H,22,24). The van der Waals surface area contributed by atoms with Crippen molar-refractivity contribution in [2.24, 2.45) is 5.92 Å². The summed E-state index contributed by atoms with van der Waals surface area (Å²) < 4.78 is 14.9. The molecule has 6 nitrogen and oxygen atoms in total. The second kappa shape index (κ2) is 7.65. The number of amides is 2. The Labute approximate surface area is 154 Å². The van der Waals surface area contributed by atoms with E-state index in [4.69, 9.17) is 0 Å². The Morgan fingerprint density at radius 1 is 1.27 bits per heavy atom. The van der Waals surface area contributed by atoms with E-state index in [1.54, 1.807) is 0 Å². The smallest absolute Gasteiger partial charge is 0.251 e. The highest BCUT2D eigenvalue weighted by Gasteiger charge is 2.24. The van der Waals surface area contributed by atoms with Crippen molar-refractivity contribution in [2.75, 3.05) is 0 Å². The van der Waals surface area contributed by atoms with Gasteiger partial charge in [0.05, 0.1) is 12.2 Å². The van der Waals surface area contributed by atoms with Gasteiger partial charge in [0.1, 0.15) is 11.9 Å². The van der Waals surface area contributed by atoms with E-state index in [1.165, 1.54) is 35.6 Å². The van der Waals surface area contributed by atoms with Gasteiger partial charge >= 0.3 is 0 Å². The van der Waals surface area contributed by atoms with Crippen LogP contribution in [0.3, 0.4) is 0 Å². The molecule has 2 amide bonds. The van der Waals surface area contributed by atoms with Crippen LogP contribution in [0.5, 0.6) is 0 Å². The van der Waals surface area contributed by atoms with Gasteiger partial charge in [0.15, 0.2) is 4.96 Å². The van der Waals surface area contributed by atoms with Crippen LogP contribution in [0.2, 0.25) is 0 Å². The molecular formula is C18H19FN4O2S. The number of hydrogen-bond acceptors (Lipinski definition) is 4. The van der Waals surface area contributed by atoms with Crippen molar-refractivity contribution in [1.82, 2.24) is 20.0 Å². The number of carbonyl (C=O) groups excluding carboxylic acids is 2. The topological polar surface area (TPSA) is 75.5 Å². The van der Waals surface area contributed by atoms with Crippen molar-refractivity contribution >= 4 is 28.1 Å². The highest BCUT2D eigenvalue weighted by molar-refractivity contribution is 7.15. The van der Waals surface area contributed by atoms with Crippen molar-refractivity contribution in [3.05, 3.63) is 59.1 Å². The predicted octanol–water partition coefficient (Wildman–Crippen LogP) is 2.61. The van der Waals surface area contributed by atoms with Crippen molar-refractivity contribution in [2.45, 2.75) is 26.4 Å². The highest BCUT2D eigenvalue weighted by Crippen LogP contribution is 2.11. The largest absolute Gasteiger partial charge is 0.349 e. The molecule has 136 valence electrons. The maximum atomic E-state index is 13.0. The van der Waals surface area contributed by atoms with Crippen LogP contribution < -0.4 is 10.6 Å². The first-order chi connectivity index (χ1) is 12.4. The summed E-state index contributed by atoms with van der Waals surface area (Å²) >= 11 is 1.52. The first-order valence-electron chi connectivity index (χ1n) is 8.19. The number of rotatable bonds is 6. The van der Waals surface area contributed by atoms with E-state index in [0.717, 1.165) is 10.7 Å². The fraction of sp³-hybridized carbons (Fsp3) is 0.278. The van der Waals surface area contributed by atoms with Crippen LogP contribution in [0.4, 0.5) is 4.39 Å².